The van der Waals surface area contributed by atoms with Gasteiger partial charge < -0.3 is 20.9 Å². The molecule has 2 heterocycles. The van der Waals surface area contributed by atoms with Crippen molar-refractivity contribution >= 4 is 58.5 Å². The molecule has 214 valence electrons. The van der Waals surface area contributed by atoms with Gasteiger partial charge in [0.2, 0.25) is 17.7 Å². The summed E-state index contributed by atoms with van der Waals surface area (Å²) in [4.78, 5) is 77.0. The first kappa shape index (κ1) is 29.3. The maximum Gasteiger partial charge on any atom is 0.319 e. The van der Waals surface area contributed by atoms with Crippen molar-refractivity contribution in [2.45, 2.75) is 38.3 Å². The van der Waals surface area contributed by atoms with Gasteiger partial charge in [0.1, 0.15) is 11.7 Å². The van der Waals surface area contributed by atoms with Crippen molar-refractivity contribution in [3.63, 3.8) is 0 Å². The molecule has 0 spiro atoms. The Morgan fingerprint density at radius 3 is 2.54 bits per heavy atom. The number of hydrogen-bond donors (Lipinski definition) is 4. The number of amides is 7. The monoisotopic (exact) mass is 580 g/mol. The fourth-order valence-corrected chi connectivity index (χ4v) is 4.57. The van der Waals surface area contributed by atoms with E-state index in [4.69, 9.17) is 11.6 Å². The Morgan fingerprint density at radius 1 is 1.10 bits per heavy atom. The molecule has 2 aliphatic rings. The highest BCUT2D eigenvalue weighted by molar-refractivity contribution is 6.31. The quantitative estimate of drug-likeness (QED) is 0.349. The lowest BCUT2D eigenvalue weighted by atomic mass is 10.0. The van der Waals surface area contributed by atoms with Crippen LogP contribution in [0.4, 0.5) is 16.2 Å². The molecule has 2 unspecified atom stereocenters. The lowest BCUT2D eigenvalue weighted by Crippen LogP contribution is -2.54. The van der Waals surface area contributed by atoms with Gasteiger partial charge in [0.25, 0.3) is 11.8 Å². The van der Waals surface area contributed by atoms with E-state index >= 15 is 0 Å². The molecule has 4 N–H and O–H groups in total. The Bertz CT molecular complexity index is 1470. The topological polar surface area (TPSA) is 157 Å². The third-order valence-corrected chi connectivity index (χ3v) is 7.06. The van der Waals surface area contributed by atoms with Crippen LogP contribution in [0.1, 0.15) is 36.4 Å². The van der Waals surface area contributed by atoms with Crippen LogP contribution in [0.3, 0.4) is 0 Å². The molecular weight excluding hydrogens is 552 g/mol. The molecule has 7 amide bonds. The molecule has 0 bridgehead atoms. The number of imide groups is 2. The van der Waals surface area contributed by atoms with Crippen LogP contribution in [0.25, 0.3) is 0 Å². The van der Waals surface area contributed by atoms with Gasteiger partial charge >= 0.3 is 6.03 Å². The van der Waals surface area contributed by atoms with E-state index in [1.165, 1.54) is 4.90 Å². The number of carbonyl (C=O) groups excluding carboxylic acids is 6. The molecule has 0 radical (unpaired) electrons. The molecule has 0 aliphatic carbocycles. The van der Waals surface area contributed by atoms with Crippen LogP contribution in [0.15, 0.2) is 54.2 Å². The third-order valence-electron chi connectivity index (χ3n) is 6.66. The van der Waals surface area contributed by atoms with Gasteiger partial charge in [-0.15, -0.1) is 0 Å². The summed E-state index contributed by atoms with van der Waals surface area (Å²) in [6.07, 6.45) is 1.10. The summed E-state index contributed by atoms with van der Waals surface area (Å²) in [7, 11) is 3.21. The summed E-state index contributed by atoms with van der Waals surface area (Å²) >= 11 is 6.16. The number of nitrogens with one attached hydrogen (secondary N) is 4. The zero-order valence-electron chi connectivity index (χ0n) is 22.6. The smallest absolute Gasteiger partial charge is 0.319 e. The molecule has 2 atom stereocenters. The standard InChI is InChI=1S/C28H29ClN6O6/c1-15-7-8-18(12-19(15)29)31-28(41)32-20(13-24(37)34(2)3)16-5-4-6-17(11-16)30-21-14-25(38)35(27(21)40)22-9-10-23(36)33-26(22)39/h4-8,11-12,14,20,22,30H,9-10,13H2,1-3H3,(H2,31,32,41)(H,33,36,39). The van der Waals surface area contributed by atoms with Crippen LogP contribution in [-0.4, -0.2) is 65.5 Å². The zero-order valence-corrected chi connectivity index (χ0v) is 23.4. The number of benzene rings is 2. The second-order valence-corrected chi connectivity index (χ2v) is 10.3. The van der Waals surface area contributed by atoms with Gasteiger partial charge in [-0.25, -0.2) is 4.79 Å². The average molecular weight is 581 g/mol. The molecule has 2 aromatic carbocycles. The zero-order chi connectivity index (χ0) is 29.8. The summed E-state index contributed by atoms with van der Waals surface area (Å²) in [6.45, 7) is 1.84. The molecule has 1 fully saturated rings. The first-order valence-electron chi connectivity index (χ1n) is 12.8. The van der Waals surface area contributed by atoms with Crippen molar-refractivity contribution in [2.75, 3.05) is 24.7 Å². The first-order chi connectivity index (χ1) is 19.4. The Hall–Kier alpha value is -4.71. The number of urea groups is 1. The number of anilines is 2. The number of hydrogen-bond acceptors (Lipinski definition) is 7. The highest BCUT2D eigenvalue weighted by Crippen LogP contribution is 2.26. The highest BCUT2D eigenvalue weighted by atomic mass is 35.5. The normalized spacial score (nSPS) is 17.5. The Balaban J connectivity index is 1.50. The molecule has 4 rings (SSSR count). The van der Waals surface area contributed by atoms with Crippen molar-refractivity contribution in [3.05, 3.63) is 70.4 Å². The van der Waals surface area contributed by atoms with Crippen LogP contribution in [0.2, 0.25) is 5.02 Å². The average Bonchev–Trinajstić information content (AvgIpc) is 3.18. The van der Waals surface area contributed by atoms with Gasteiger partial charge in [-0.05, 0) is 48.7 Å². The van der Waals surface area contributed by atoms with Crippen molar-refractivity contribution in [3.8, 4) is 0 Å². The molecule has 41 heavy (non-hydrogen) atoms. The van der Waals surface area contributed by atoms with Crippen LogP contribution < -0.4 is 21.3 Å². The molecule has 0 aromatic heterocycles. The van der Waals surface area contributed by atoms with Crippen molar-refractivity contribution in [2.24, 2.45) is 0 Å². The lowest BCUT2D eigenvalue weighted by Gasteiger charge is -2.28. The molecule has 13 heteroatoms. The van der Waals surface area contributed by atoms with E-state index in [9.17, 15) is 28.8 Å². The van der Waals surface area contributed by atoms with E-state index in [0.717, 1.165) is 16.5 Å². The summed E-state index contributed by atoms with van der Waals surface area (Å²) in [5, 5.41) is 11.1. The number of aryl methyl sites for hydroxylation is 1. The van der Waals surface area contributed by atoms with E-state index < -0.39 is 41.7 Å². The molecule has 2 aliphatic heterocycles. The number of nitrogens with zero attached hydrogens (tertiary/aromatic N) is 2. The summed E-state index contributed by atoms with van der Waals surface area (Å²) < 4.78 is 0. The Morgan fingerprint density at radius 2 is 1.85 bits per heavy atom. The van der Waals surface area contributed by atoms with E-state index in [1.54, 1.807) is 56.6 Å². The second kappa shape index (κ2) is 12.2. The van der Waals surface area contributed by atoms with Crippen LogP contribution in [0, 0.1) is 6.92 Å². The molecule has 12 nitrogen and oxygen atoms in total. The van der Waals surface area contributed by atoms with Crippen LogP contribution in [-0.2, 0) is 24.0 Å². The Labute approximate surface area is 241 Å². The maximum absolute atomic E-state index is 13.0. The first-order valence-corrected chi connectivity index (χ1v) is 13.1. The minimum absolute atomic E-state index is 0.0167. The van der Waals surface area contributed by atoms with Crippen LogP contribution >= 0.6 is 11.6 Å². The van der Waals surface area contributed by atoms with Gasteiger partial charge in [-0.2, -0.15) is 0 Å². The molecule has 1 saturated heterocycles. The van der Waals surface area contributed by atoms with Gasteiger partial charge in [0.15, 0.2) is 0 Å². The maximum atomic E-state index is 13.0. The van der Waals surface area contributed by atoms with E-state index in [-0.39, 0.29) is 30.9 Å². The largest absolute Gasteiger partial charge is 0.351 e. The van der Waals surface area contributed by atoms with Crippen molar-refractivity contribution < 1.29 is 28.8 Å². The predicted octanol–water partition coefficient (Wildman–Crippen LogP) is 2.46. The fraction of sp³-hybridized carbons (Fsp3) is 0.286. The number of halogens is 1. The SMILES string of the molecule is Cc1ccc(NC(=O)NC(CC(=O)N(C)C)c2cccc(NC3=CC(=O)N(C4CCC(=O)NC4=O)C3=O)c2)cc1Cl. The molecular formula is C28H29ClN6O6. The minimum atomic E-state index is -1.08. The van der Waals surface area contributed by atoms with E-state index in [0.29, 0.717) is 22.0 Å². The number of piperidine rings is 1. The lowest BCUT2D eigenvalue weighted by molar-refractivity contribution is -0.149. The molecule has 2 aromatic rings. The van der Waals surface area contributed by atoms with E-state index in [1.807, 2.05) is 6.92 Å². The Kier molecular flexibility index (Phi) is 8.72. The predicted molar refractivity (Wildman–Crippen MR) is 151 cm³/mol. The highest BCUT2D eigenvalue weighted by Gasteiger charge is 2.42. The minimum Gasteiger partial charge on any atom is -0.351 e. The summed E-state index contributed by atoms with van der Waals surface area (Å²) in [6, 6.07) is 9.38. The summed E-state index contributed by atoms with van der Waals surface area (Å²) in [5.41, 5.74) is 2.24. The van der Waals surface area contributed by atoms with Crippen molar-refractivity contribution in [1.29, 1.82) is 0 Å². The number of carbonyl (C=O) groups is 6. The van der Waals surface area contributed by atoms with Gasteiger partial charge in [-0.3, -0.25) is 34.2 Å². The van der Waals surface area contributed by atoms with Gasteiger partial charge in [-0.1, -0.05) is 29.8 Å². The molecule has 0 saturated carbocycles. The number of rotatable bonds is 8. The van der Waals surface area contributed by atoms with Gasteiger partial charge in [0, 0.05) is 43.0 Å². The third kappa shape index (κ3) is 6.90. The van der Waals surface area contributed by atoms with E-state index in [2.05, 4.69) is 21.3 Å². The summed E-state index contributed by atoms with van der Waals surface area (Å²) in [5.74, 6) is -2.77. The van der Waals surface area contributed by atoms with Crippen LogP contribution in [0.5, 0.6) is 0 Å². The van der Waals surface area contributed by atoms with Crippen molar-refractivity contribution in [1.82, 2.24) is 20.4 Å². The second-order valence-electron chi connectivity index (χ2n) is 9.90. The fourth-order valence-electron chi connectivity index (χ4n) is 4.39. The van der Waals surface area contributed by atoms with Gasteiger partial charge in [0.05, 0.1) is 12.5 Å².